The van der Waals surface area contributed by atoms with E-state index in [0.717, 1.165) is 12.2 Å². The van der Waals surface area contributed by atoms with Crippen LogP contribution in [-0.4, -0.2) is 33.6 Å². The minimum Gasteiger partial charge on any atom is -0.454 e. The summed E-state index contributed by atoms with van der Waals surface area (Å²) in [5.74, 6) is 2.10. The number of fused-ring (bicyclic) bond motifs is 4. The van der Waals surface area contributed by atoms with Crippen LogP contribution in [0.4, 0.5) is 5.69 Å². The molecule has 0 aliphatic carbocycles. The maximum absolute atomic E-state index is 13.3. The molecule has 0 N–H and O–H groups in total. The Morgan fingerprint density at radius 1 is 1.18 bits per heavy atom. The number of carbonyl (C=O) groups is 1. The van der Waals surface area contributed by atoms with Crippen molar-refractivity contribution in [2.24, 2.45) is 0 Å². The molecular formula is C23H21ClN4O4S. The third kappa shape index (κ3) is 3.95. The molecule has 2 aliphatic heterocycles. The van der Waals surface area contributed by atoms with E-state index < -0.39 is 6.23 Å². The van der Waals surface area contributed by atoms with Crippen molar-refractivity contribution < 1.29 is 19.0 Å². The quantitative estimate of drug-likeness (QED) is 0.453. The van der Waals surface area contributed by atoms with Gasteiger partial charge in [-0.05, 0) is 18.6 Å². The van der Waals surface area contributed by atoms with Gasteiger partial charge in [-0.3, -0.25) is 9.69 Å². The van der Waals surface area contributed by atoms with Crippen LogP contribution in [-0.2, 0) is 4.79 Å². The van der Waals surface area contributed by atoms with Gasteiger partial charge in [0.25, 0.3) is 0 Å². The van der Waals surface area contributed by atoms with E-state index in [9.17, 15) is 4.79 Å². The lowest BCUT2D eigenvalue weighted by molar-refractivity contribution is -0.120. The first kappa shape index (κ1) is 21.8. The van der Waals surface area contributed by atoms with Gasteiger partial charge in [-0.2, -0.15) is 4.98 Å². The van der Waals surface area contributed by atoms with E-state index in [0.29, 0.717) is 50.1 Å². The molecule has 3 heterocycles. The van der Waals surface area contributed by atoms with Crippen molar-refractivity contribution in [3.63, 3.8) is 0 Å². The lowest BCUT2D eigenvalue weighted by Crippen LogP contribution is -2.37. The zero-order chi connectivity index (χ0) is 22.9. The third-order valence-electron chi connectivity index (χ3n) is 5.28. The molecule has 0 fully saturated rings. The van der Waals surface area contributed by atoms with Gasteiger partial charge in [0, 0.05) is 29.4 Å². The van der Waals surface area contributed by atoms with Crippen molar-refractivity contribution in [3.8, 4) is 28.6 Å². The number of carbonyl (C=O) groups excluding carboxylic acids is 1. The van der Waals surface area contributed by atoms with Gasteiger partial charge in [0.2, 0.25) is 30.0 Å². The molecule has 5 rings (SSSR count). The fourth-order valence-electron chi connectivity index (χ4n) is 3.73. The Bertz CT molecular complexity index is 1230. The average molecular weight is 485 g/mol. The highest BCUT2D eigenvalue weighted by atomic mass is 35.5. The van der Waals surface area contributed by atoms with E-state index in [2.05, 4.69) is 22.1 Å². The zero-order valence-corrected chi connectivity index (χ0v) is 19.7. The number of ether oxygens (including phenoxy) is 3. The second kappa shape index (κ2) is 9.07. The number of amides is 1. The lowest BCUT2D eigenvalue weighted by atomic mass is 10.1. The van der Waals surface area contributed by atoms with Crippen molar-refractivity contribution in [3.05, 3.63) is 47.0 Å². The first-order chi connectivity index (χ1) is 16.1. The molecule has 0 bridgehead atoms. The molecule has 2 aromatic carbocycles. The number of halogens is 1. The predicted molar refractivity (Wildman–Crippen MR) is 125 cm³/mol. The fraction of sp³-hybridized carbons (Fsp3) is 0.304. The minimum atomic E-state index is -0.887. The second-order valence-electron chi connectivity index (χ2n) is 7.43. The Hall–Kier alpha value is -3.04. The van der Waals surface area contributed by atoms with E-state index in [1.165, 1.54) is 11.8 Å². The molecule has 33 heavy (non-hydrogen) atoms. The highest BCUT2D eigenvalue weighted by Gasteiger charge is 2.37. The van der Waals surface area contributed by atoms with Crippen LogP contribution in [0.1, 0.15) is 38.5 Å². The molecule has 0 spiro atoms. The summed E-state index contributed by atoms with van der Waals surface area (Å²) in [5.41, 5.74) is 2.39. The third-order valence-corrected chi connectivity index (χ3v) is 6.65. The van der Waals surface area contributed by atoms with Crippen molar-refractivity contribution in [1.29, 1.82) is 0 Å². The van der Waals surface area contributed by atoms with Crippen LogP contribution < -0.4 is 19.1 Å². The summed E-state index contributed by atoms with van der Waals surface area (Å²) in [6, 6.07) is 10.9. The molecule has 170 valence electrons. The van der Waals surface area contributed by atoms with E-state index in [-0.39, 0.29) is 19.1 Å². The lowest BCUT2D eigenvalue weighted by Gasteiger charge is -2.31. The zero-order valence-electron chi connectivity index (χ0n) is 18.1. The van der Waals surface area contributed by atoms with Crippen molar-refractivity contribution in [2.75, 3.05) is 17.4 Å². The summed E-state index contributed by atoms with van der Waals surface area (Å²) in [4.78, 5) is 19.5. The first-order valence-electron chi connectivity index (χ1n) is 10.6. The highest BCUT2D eigenvalue weighted by molar-refractivity contribution is 7.99. The summed E-state index contributed by atoms with van der Waals surface area (Å²) in [5, 5.41) is 9.61. The van der Waals surface area contributed by atoms with Gasteiger partial charge >= 0.3 is 0 Å². The Morgan fingerprint density at radius 2 is 1.97 bits per heavy atom. The number of hydrogen-bond donors (Lipinski definition) is 0. The van der Waals surface area contributed by atoms with Gasteiger partial charge in [-0.1, -0.05) is 55.4 Å². The first-order valence-corrected chi connectivity index (χ1v) is 12.0. The topological polar surface area (TPSA) is 86.7 Å². The maximum atomic E-state index is 13.3. The largest absolute Gasteiger partial charge is 0.454 e. The SMILES string of the molecule is CCCSc1nnc2c(n1)O[C@H](c1cc3c(cc1Cl)OCO3)N(C(=O)CC)c1ccccc1-2. The van der Waals surface area contributed by atoms with Crippen molar-refractivity contribution in [2.45, 2.75) is 38.1 Å². The number of rotatable bonds is 5. The smallest absolute Gasteiger partial charge is 0.247 e. The van der Waals surface area contributed by atoms with Crippen LogP contribution in [0.15, 0.2) is 41.6 Å². The molecule has 8 nitrogen and oxygen atoms in total. The molecular weight excluding hydrogens is 464 g/mol. The van der Waals surface area contributed by atoms with Gasteiger partial charge in [-0.15, -0.1) is 10.2 Å². The van der Waals surface area contributed by atoms with E-state index >= 15 is 0 Å². The van der Waals surface area contributed by atoms with E-state index in [1.54, 1.807) is 24.0 Å². The molecule has 2 aliphatic rings. The fourth-order valence-corrected chi connectivity index (χ4v) is 4.61. The molecule has 1 amide bonds. The Balaban J connectivity index is 1.71. The Kier molecular flexibility index (Phi) is 5.99. The molecule has 1 aromatic heterocycles. The molecule has 0 radical (unpaired) electrons. The number of thioether (sulfide) groups is 1. The van der Waals surface area contributed by atoms with Crippen LogP contribution >= 0.6 is 23.4 Å². The Morgan fingerprint density at radius 3 is 2.76 bits per heavy atom. The highest BCUT2D eigenvalue weighted by Crippen LogP contribution is 2.47. The molecule has 0 saturated carbocycles. The maximum Gasteiger partial charge on any atom is 0.247 e. The Labute approximate surface area is 200 Å². The monoisotopic (exact) mass is 484 g/mol. The summed E-state index contributed by atoms with van der Waals surface area (Å²) in [7, 11) is 0. The van der Waals surface area contributed by atoms with Crippen molar-refractivity contribution in [1.82, 2.24) is 15.2 Å². The summed E-state index contributed by atoms with van der Waals surface area (Å²) in [6.45, 7) is 4.00. The molecule has 3 aromatic rings. The van der Waals surface area contributed by atoms with E-state index in [4.69, 9.17) is 25.8 Å². The predicted octanol–water partition coefficient (Wildman–Crippen LogP) is 5.26. The van der Waals surface area contributed by atoms with Crippen LogP contribution in [0.2, 0.25) is 5.02 Å². The number of aromatic nitrogens is 3. The van der Waals surface area contributed by atoms with E-state index in [1.807, 2.05) is 24.3 Å². The van der Waals surface area contributed by atoms with Gasteiger partial charge in [-0.25, -0.2) is 0 Å². The number of hydrogen-bond acceptors (Lipinski definition) is 8. The van der Waals surface area contributed by atoms with Gasteiger partial charge in [0.1, 0.15) is 0 Å². The van der Waals surface area contributed by atoms with Crippen molar-refractivity contribution >= 4 is 35.0 Å². The number of benzene rings is 2. The molecule has 1 atom stereocenters. The average Bonchev–Trinajstić information content (AvgIpc) is 3.23. The molecule has 0 saturated heterocycles. The van der Waals surface area contributed by atoms with Gasteiger partial charge in [0.05, 0.1) is 10.7 Å². The van der Waals surface area contributed by atoms with Gasteiger partial charge < -0.3 is 14.2 Å². The standard InChI is InChI=1S/C23H21ClN4O4S/c1-3-9-33-23-25-21-20(26-27-23)13-7-5-6-8-16(13)28(19(29)4-2)22(32-21)14-10-17-18(11-15(14)24)31-12-30-17/h5-8,10-11,22H,3-4,9,12H2,1-2H3/t22-/m1/s1. The molecule has 0 unspecified atom stereocenters. The van der Waals surface area contributed by atoms with Crippen LogP contribution in [0, 0.1) is 0 Å². The summed E-state index contributed by atoms with van der Waals surface area (Å²) < 4.78 is 17.4. The minimum absolute atomic E-state index is 0.110. The van der Waals surface area contributed by atoms with Crippen LogP contribution in [0.3, 0.4) is 0 Å². The summed E-state index contributed by atoms with van der Waals surface area (Å²) >= 11 is 8.16. The van der Waals surface area contributed by atoms with Crippen LogP contribution in [0.5, 0.6) is 17.4 Å². The second-order valence-corrected chi connectivity index (χ2v) is 8.90. The summed E-state index contributed by atoms with van der Waals surface area (Å²) in [6.07, 6.45) is 0.356. The number of nitrogens with zero attached hydrogens (tertiary/aromatic N) is 4. The number of para-hydroxylation sites is 1. The van der Waals surface area contributed by atoms with Gasteiger partial charge in [0.15, 0.2) is 17.2 Å². The normalized spacial score (nSPS) is 16.0. The molecule has 10 heteroatoms. The number of anilines is 1. The van der Waals surface area contributed by atoms with Crippen LogP contribution in [0.25, 0.3) is 11.3 Å².